The van der Waals surface area contributed by atoms with Gasteiger partial charge in [-0.1, -0.05) is 30.3 Å². The van der Waals surface area contributed by atoms with Crippen LogP contribution in [0.1, 0.15) is 11.3 Å². The number of hydrazine groups is 1. The number of hydrogen-bond acceptors (Lipinski definition) is 4. The van der Waals surface area contributed by atoms with Crippen LogP contribution in [-0.4, -0.2) is 41.0 Å². The molecule has 0 atom stereocenters. The molecule has 0 aliphatic rings. The molecule has 132 valence electrons. The van der Waals surface area contributed by atoms with Crippen LogP contribution in [0.25, 0.3) is 0 Å². The van der Waals surface area contributed by atoms with E-state index in [1.54, 1.807) is 7.05 Å². The van der Waals surface area contributed by atoms with Crippen LogP contribution < -0.4 is 11.2 Å². The number of pyridine rings is 1. The highest BCUT2D eigenvalue weighted by Crippen LogP contribution is 2.05. The maximum absolute atomic E-state index is 12.9. The molecule has 25 heavy (non-hydrogen) atoms. The molecule has 3 N–H and O–H groups in total. The van der Waals surface area contributed by atoms with Gasteiger partial charge in [0, 0.05) is 14.1 Å². The maximum atomic E-state index is 12.9. The molecule has 1 aromatic heterocycles. The van der Waals surface area contributed by atoms with Gasteiger partial charge in [-0.25, -0.2) is 19.6 Å². The number of benzene rings is 1. The number of aliphatic imine (C=N–C) groups is 1. The molecule has 0 aliphatic heterocycles. The number of guanidine groups is 1. The molecule has 0 fully saturated rings. The van der Waals surface area contributed by atoms with Crippen LogP contribution in [0.3, 0.4) is 0 Å². The van der Waals surface area contributed by atoms with Crippen molar-refractivity contribution in [3.63, 3.8) is 0 Å². The molecule has 0 bridgehead atoms. The quantitative estimate of drug-likeness (QED) is 0.491. The fourth-order valence-corrected chi connectivity index (χ4v) is 2.05. The highest BCUT2D eigenvalue weighted by molar-refractivity contribution is 5.94. The number of nitrogens with two attached hydrogens (primary N) is 1. The van der Waals surface area contributed by atoms with E-state index in [0.29, 0.717) is 12.2 Å². The Balaban J connectivity index is 2.01. The molecule has 1 heterocycles. The van der Waals surface area contributed by atoms with Gasteiger partial charge in [0.25, 0.3) is 0 Å². The lowest BCUT2D eigenvalue weighted by Gasteiger charge is -2.26. The third-order valence-electron chi connectivity index (χ3n) is 3.51. The molecule has 7 nitrogen and oxygen atoms in total. The van der Waals surface area contributed by atoms with Gasteiger partial charge in [-0.3, -0.25) is 14.9 Å². The molecule has 0 radical (unpaired) electrons. The first-order valence-corrected chi connectivity index (χ1v) is 7.68. The fourth-order valence-electron chi connectivity index (χ4n) is 2.05. The van der Waals surface area contributed by atoms with Crippen LogP contribution >= 0.6 is 0 Å². The predicted octanol–water partition coefficient (Wildman–Crippen LogP) is 1.72. The average Bonchev–Trinajstić information content (AvgIpc) is 2.65. The van der Waals surface area contributed by atoms with Gasteiger partial charge in [-0.15, -0.1) is 0 Å². The van der Waals surface area contributed by atoms with E-state index >= 15 is 0 Å². The van der Waals surface area contributed by atoms with Crippen molar-refractivity contribution in [2.24, 2.45) is 10.7 Å². The molecule has 0 saturated heterocycles. The molecule has 2 rings (SSSR count). The van der Waals surface area contributed by atoms with Crippen LogP contribution in [0.4, 0.5) is 9.18 Å². The zero-order valence-corrected chi connectivity index (χ0v) is 14.2. The topological polar surface area (TPSA) is 86.9 Å². The lowest BCUT2D eigenvalue weighted by molar-refractivity contribution is 0.155. The second-order valence-electron chi connectivity index (χ2n) is 5.28. The van der Waals surface area contributed by atoms with Gasteiger partial charge in [0.15, 0.2) is 5.96 Å². The number of urea groups is 1. The Labute approximate surface area is 145 Å². The highest BCUT2D eigenvalue weighted by Gasteiger charge is 2.20. The van der Waals surface area contributed by atoms with Crippen molar-refractivity contribution in [3.8, 4) is 0 Å². The first kappa shape index (κ1) is 18.3. The lowest BCUT2D eigenvalue weighted by atomic mass is 10.2. The molecular weight excluding hydrogens is 323 g/mol. The summed E-state index contributed by atoms with van der Waals surface area (Å²) in [6.07, 6.45) is 1.10. The Bertz CT molecular complexity index is 720. The molecule has 0 unspecified atom stereocenters. The largest absolute Gasteiger partial charge is 0.369 e. The average molecular weight is 344 g/mol. The number of aromatic nitrogens is 1. The van der Waals surface area contributed by atoms with E-state index in [9.17, 15) is 9.18 Å². The number of nitrogens with zero attached hydrogens (tertiary/aromatic N) is 4. The van der Waals surface area contributed by atoms with E-state index < -0.39 is 11.8 Å². The minimum Gasteiger partial charge on any atom is -0.369 e. The number of halogens is 1. The molecule has 0 saturated carbocycles. The number of hydrogen-bond donors (Lipinski definition) is 2. The van der Waals surface area contributed by atoms with Gasteiger partial charge in [0.1, 0.15) is 5.82 Å². The van der Waals surface area contributed by atoms with Gasteiger partial charge in [0.05, 0.1) is 25.0 Å². The Hall–Kier alpha value is -3.00. The van der Waals surface area contributed by atoms with Crippen LogP contribution in [-0.2, 0) is 13.1 Å². The Kier molecular flexibility index (Phi) is 6.41. The van der Waals surface area contributed by atoms with Gasteiger partial charge in [-0.2, -0.15) is 0 Å². The maximum Gasteiger partial charge on any atom is 0.341 e. The summed E-state index contributed by atoms with van der Waals surface area (Å²) in [6, 6.07) is 12.0. The minimum absolute atomic E-state index is 0.0983. The van der Waals surface area contributed by atoms with E-state index in [2.05, 4.69) is 15.4 Å². The van der Waals surface area contributed by atoms with Gasteiger partial charge < -0.3 is 5.73 Å². The summed E-state index contributed by atoms with van der Waals surface area (Å²) in [5, 5.41) is 1.31. The summed E-state index contributed by atoms with van der Waals surface area (Å²) in [4.78, 5) is 21.9. The van der Waals surface area contributed by atoms with E-state index in [1.165, 1.54) is 29.1 Å². The molecule has 1 aromatic carbocycles. The predicted molar refractivity (Wildman–Crippen MR) is 93.7 cm³/mol. The Morgan fingerprint density at radius 2 is 2.00 bits per heavy atom. The van der Waals surface area contributed by atoms with Crippen molar-refractivity contribution >= 4 is 12.0 Å². The first-order chi connectivity index (χ1) is 12.0. The SMILES string of the molecule is CNN(Cc1ccc(F)cn1)C(=O)N(C)C(N)=NCc1ccccc1. The molecule has 8 heteroatoms. The van der Waals surface area contributed by atoms with Crippen LogP contribution in [0.15, 0.2) is 53.7 Å². The standard InChI is InChI=1S/C17H21FN6O/c1-20-24(12-15-9-8-14(18)11-21-15)17(25)23(2)16(19)22-10-13-6-4-3-5-7-13/h3-9,11,20H,10,12H2,1-2H3,(H2,19,22). The molecule has 0 spiro atoms. The van der Waals surface area contributed by atoms with Crippen LogP contribution in [0, 0.1) is 5.82 Å². The first-order valence-electron chi connectivity index (χ1n) is 7.68. The van der Waals surface area contributed by atoms with Crippen molar-refractivity contribution in [3.05, 3.63) is 65.7 Å². The molecule has 0 aliphatic carbocycles. The monoisotopic (exact) mass is 344 g/mol. The second kappa shape index (κ2) is 8.74. The van der Waals surface area contributed by atoms with Crippen LogP contribution in [0.5, 0.6) is 0 Å². The third kappa shape index (κ3) is 5.25. The van der Waals surface area contributed by atoms with Crippen LogP contribution in [0.2, 0.25) is 0 Å². The van der Waals surface area contributed by atoms with Crippen molar-refractivity contribution in [1.82, 2.24) is 20.3 Å². The van der Waals surface area contributed by atoms with E-state index in [1.807, 2.05) is 30.3 Å². The fraction of sp³-hybridized carbons (Fsp3) is 0.235. The summed E-state index contributed by atoms with van der Waals surface area (Å²) in [7, 11) is 3.14. The number of amides is 2. The smallest absolute Gasteiger partial charge is 0.341 e. The zero-order valence-electron chi connectivity index (χ0n) is 14.2. The highest BCUT2D eigenvalue weighted by atomic mass is 19.1. The Morgan fingerprint density at radius 3 is 2.60 bits per heavy atom. The number of nitrogens with one attached hydrogen (secondary N) is 1. The lowest BCUT2D eigenvalue weighted by Crippen LogP contribution is -2.51. The van der Waals surface area contributed by atoms with Gasteiger partial charge in [0.2, 0.25) is 0 Å². The van der Waals surface area contributed by atoms with Gasteiger partial charge in [-0.05, 0) is 17.7 Å². The van der Waals surface area contributed by atoms with E-state index in [4.69, 9.17) is 5.73 Å². The van der Waals surface area contributed by atoms with Crippen molar-refractivity contribution in [2.45, 2.75) is 13.1 Å². The number of carbonyl (C=O) groups is 1. The van der Waals surface area contributed by atoms with Crippen molar-refractivity contribution in [1.29, 1.82) is 0 Å². The summed E-state index contributed by atoms with van der Waals surface area (Å²) in [5.74, 6) is -0.332. The minimum atomic E-state index is -0.430. The summed E-state index contributed by atoms with van der Waals surface area (Å²) in [6.45, 7) is 0.537. The van der Waals surface area contributed by atoms with Crippen molar-refractivity contribution < 1.29 is 9.18 Å². The normalized spacial score (nSPS) is 11.2. The van der Waals surface area contributed by atoms with E-state index in [0.717, 1.165) is 11.8 Å². The summed E-state index contributed by atoms with van der Waals surface area (Å²) in [5.41, 5.74) is 10.2. The summed E-state index contributed by atoms with van der Waals surface area (Å²) >= 11 is 0. The molecule has 2 amide bonds. The number of rotatable bonds is 5. The van der Waals surface area contributed by atoms with E-state index in [-0.39, 0.29) is 12.5 Å². The van der Waals surface area contributed by atoms with Gasteiger partial charge >= 0.3 is 6.03 Å². The Morgan fingerprint density at radius 1 is 1.28 bits per heavy atom. The number of carbonyl (C=O) groups excluding carboxylic acids is 1. The molecule has 2 aromatic rings. The third-order valence-corrected chi connectivity index (χ3v) is 3.51. The summed E-state index contributed by atoms with van der Waals surface area (Å²) < 4.78 is 12.9. The second-order valence-corrected chi connectivity index (χ2v) is 5.28. The molecular formula is C17H21FN6O. The zero-order chi connectivity index (χ0) is 18.2. The van der Waals surface area contributed by atoms with Crippen molar-refractivity contribution in [2.75, 3.05) is 14.1 Å².